The monoisotopic (exact) mass is 543 g/mol. The Balaban J connectivity index is 1.33. The number of halogens is 1. The number of aliphatic hydroxyl groups excluding tert-OH is 1. The molecule has 0 saturated carbocycles. The summed E-state index contributed by atoms with van der Waals surface area (Å²) in [6.45, 7) is 0.358. The Morgan fingerprint density at radius 2 is 2.19 bits per heavy atom. The predicted molar refractivity (Wildman–Crippen MR) is 137 cm³/mol. The number of aromatic nitrogens is 5. The largest absolute Gasteiger partial charge is 0.373 e. The minimum absolute atomic E-state index is 0.220. The van der Waals surface area contributed by atoms with Crippen molar-refractivity contribution in [2.45, 2.75) is 37.2 Å². The van der Waals surface area contributed by atoms with Crippen LogP contribution in [0.25, 0.3) is 5.65 Å². The van der Waals surface area contributed by atoms with Crippen molar-refractivity contribution in [1.82, 2.24) is 39.9 Å². The van der Waals surface area contributed by atoms with Crippen molar-refractivity contribution < 1.29 is 14.7 Å². The summed E-state index contributed by atoms with van der Waals surface area (Å²) in [5, 5.41) is 19.2. The van der Waals surface area contributed by atoms with Crippen LogP contribution >= 0.6 is 22.9 Å². The van der Waals surface area contributed by atoms with Gasteiger partial charge >= 0.3 is 0 Å². The molecule has 6 N–H and O–H groups in total. The topological polar surface area (TPSA) is 167 Å². The van der Waals surface area contributed by atoms with Crippen molar-refractivity contribution in [3.05, 3.63) is 69.5 Å². The fraction of sp³-hybridized carbons (Fsp3) is 0.348. The molecule has 5 heterocycles. The number of rotatable bonds is 8. The Labute approximate surface area is 220 Å². The summed E-state index contributed by atoms with van der Waals surface area (Å²) in [4.78, 5) is 43.4. The number of nitrogens with zero attached hydrogens (tertiary/aromatic N) is 5. The number of imidazole rings is 2. The zero-order valence-corrected chi connectivity index (χ0v) is 21.4. The Morgan fingerprint density at radius 1 is 1.35 bits per heavy atom. The smallest absolute Gasteiger partial charge is 0.274 e. The first kappa shape index (κ1) is 25.3. The SMILES string of the molecule is CNC(=O)[C@H](Cc1cnc[nH]1)NC(O)c1csc([C@@H]2C[C@@H](N)CN2C(=O)c2cn3cc(Cl)ccc3n2)n1. The molecule has 194 valence electrons. The molecule has 4 aromatic rings. The number of thiazole rings is 1. The zero-order chi connectivity index (χ0) is 26.1. The van der Waals surface area contributed by atoms with Crippen molar-refractivity contribution in [2.24, 2.45) is 5.73 Å². The number of amides is 2. The molecule has 2 amide bonds. The number of aliphatic hydroxyl groups is 1. The van der Waals surface area contributed by atoms with E-state index in [1.165, 1.54) is 24.7 Å². The van der Waals surface area contributed by atoms with Gasteiger partial charge in [-0.1, -0.05) is 11.6 Å². The Hall–Kier alpha value is -3.36. The first-order chi connectivity index (χ1) is 17.8. The van der Waals surface area contributed by atoms with Crippen LogP contribution in [0.15, 0.2) is 42.4 Å². The first-order valence-corrected chi connectivity index (χ1v) is 12.9. The lowest BCUT2D eigenvalue weighted by Crippen LogP contribution is -2.46. The van der Waals surface area contributed by atoms with Gasteiger partial charge < -0.3 is 30.4 Å². The fourth-order valence-electron chi connectivity index (χ4n) is 4.41. The molecule has 0 spiro atoms. The Bertz CT molecular complexity index is 1410. The minimum Gasteiger partial charge on any atom is -0.373 e. The second-order valence-electron chi connectivity index (χ2n) is 8.84. The summed E-state index contributed by atoms with van der Waals surface area (Å²) in [6, 6.07) is 2.16. The van der Waals surface area contributed by atoms with Gasteiger partial charge in [0.05, 0.1) is 29.1 Å². The van der Waals surface area contributed by atoms with Crippen molar-refractivity contribution in [3.63, 3.8) is 0 Å². The molecule has 12 nitrogen and oxygen atoms in total. The molecule has 37 heavy (non-hydrogen) atoms. The maximum absolute atomic E-state index is 13.4. The van der Waals surface area contributed by atoms with E-state index in [0.717, 1.165) is 5.69 Å². The van der Waals surface area contributed by atoms with Crippen LogP contribution < -0.4 is 16.4 Å². The average molecular weight is 544 g/mol. The van der Waals surface area contributed by atoms with Crippen LogP contribution in [0.1, 0.15) is 45.6 Å². The van der Waals surface area contributed by atoms with Crippen LogP contribution in [0, 0.1) is 0 Å². The summed E-state index contributed by atoms with van der Waals surface area (Å²) in [7, 11) is 1.53. The molecule has 1 unspecified atom stereocenters. The van der Waals surface area contributed by atoms with E-state index in [-0.39, 0.29) is 29.6 Å². The molecule has 0 bridgehead atoms. The predicted octanol–water partition coefficient (Wildman–Crippen LogP) is 1.02. The summed E-state index contributed by atoms with van der Waals surface area (Å²) < 4.78 is 1.70. The van der Waals surface area contributed by atoms with Gasteiger partial charge in [-0.2, -0.15) is 0 Å². The van der Waals surface area contributed by atoms with Crippen molar-refractivity contribution in [3.8, 4) is 0 Å². The summed E-state index contributed by atoms with van der Waals surface area (Å²) in [5.41, 5.74) is 8.23. The molecular formula is C23H26ClN9O3S. The molecule has 1 aliphatic rings. The Morgan fingerprint density at radius 3 is 2.95 bits per heavy atom. The fourth-order valence-corrected chi connectivity index (χ4v) is 5.54. The molecule has 1 fully saturated rings. The van der Waals surface area contributed by atoms with E-state index in [0.29, 0.717) is 40.8 Å². The number of aromatic amines is 1. The molecule has 0 aromatic carbocycles. The lowest BCUT2D eigenvalue weighted by molar-refractivity contribution is -0.123. The number of carbonyl (C=O) groups is 2. The maximum Gasteiger partial charge on any atom is 0.274 e. The van der Waals surface area contributed by atoms with Crippen LogP contribution in [0.3, 0.4) is 0 Å². The van der Waals surface area contributed by atoms with Gasteiger partial charge in [0.25, 0.3) is 5.91 Å². The standard InChI is InChI=1S/C23H26ClN9O3S/c1-26-20(34)15(5-14-6-27-11-28-14)30-21(35)17-10-37-22(31-17)18-4-13(25)8-33(18)23(36)16-9-32-7-12(24)2-3-19(32)29-16/h2-3,6-7,9-11,13,15,18,21,30,35H,4-5,8,25H2,1H3,(H,26,34)(H,27,28)/t13-,15+,18+,21?/m1/s1. The lowest BCUT2D eigenvalue weighted by Gasteiger charge is -2.22. The number of likely N-dealkylation sites (tertiary alicyclic amines) is 1. The highest BCUT2D eigenvalue weighted by atomic mass is 35.5. The molecule has 14 heteroatoms. The first-order valence-electron chi connectivity index (χ1n) is 11.6. The average Bonchev–Trinajstić information content (AvgIpc) is 3.68. The van der Waals surface area contributed by atoms with Crippen molar-refractivity contribution >= 4 is 40.4 Å². The van der Waals surface area contributed by atoms with Gasteiger partial charge in [-0.25, -0.2) is 15.0 Å². The summed E-state index contributed by atoms with van der Waals surface area (Å²) in [5.74, 6) is -0.538. The van der Waals surface area contributed by atoms with Crippen LogP contribution in [0.4, 0.5) is 0 Å². The third-order valence-electron chi connectivity index (χ3n) is 6.23. The Kier molecular flexibility index (Phi) is 7.22. The molecule has 0 aliphatic carbocycles. The molecule has 5 rings (SSSR count). The third kappa shape index (κ3) is 5.36. The summed E-state index contributed by atoms with van der Waals surface area (Å²) >= 11 is 7.38. The second-order valence-corrected chi connectivity index (χ2v) is 10.2. The van der Waals surface area contributed by atoms with Gasteiger partial charge in [0, 0.05) is 55.7 Å². The molecule has 1 aliphatic heterocycles. The van der Waals surface area contributed by atoms with E-state index in [1.807, 2.05) is 0 Å². The molecular weight excluding hydrogens is 518 g/mol. The number of pyridine rings is 1. The van der Waals surface area contributed by atoms with Gasteiger partial charge in [-0.05, 0) is 18.6 Å². The lowest BCUT2D eigenvalue weighted by atomic mass is 10.1. The number of carbonyl (C=O) groups excluding carboxylic acids is 2. The van der Waals surface area contributed by atoms with Gasteiger partial charge in [0.1, 0.15) is 22.6 Å². The highest BCUT2D eigenvalue weighted by molar-refractivity contribution is 7.09. The number of likely N-dealkylation sites (N-methyl/N-ethyl adjacent to an activating group) is 1. The van der Waals surface area contributed by atoms with Gasteiger partial charge in [0.2, 0.25) is 5.91 Å². The van der Waals surface area contributed by atoms with E-state index in [4.69, 9.17) is 17.3 Å². The highest BCUT2D eigenvalue weighted by Crippen LogP contribution is 2.35. The number of H-pyrrole nitrogens is 1. The second kappa shape index (κ2) is 10.6. The van der Waals surface area contributed by atoms with Crippen LogP contribution in [-0.4, -0.2) is 71.8 Å². The molecule has 4 atom stereocenters. The van der Waals surface area contributed by atoms with Crippen molar-refractivity contribution in [2.75, 3.05) is 13.6 Å². The number of fused-ring (bicyclic) bond motifs is 1. The highest BCUT2D eigenvalue weighted by Gasteiger charge is 2.38. The van der Waals surface area contributed by atoms with Gasteiger partial charge in [-0.3, -0.25) is 14.9 Å². The third-order valence-corrected chi connectivity index (χ3v) is 7.42. The number of nitrogens with two attached hydrogens (primary N) is 1. The van der Waals surface area contributed by atoms with E-state index in [2.05, 4.69) is 30.6 Å². The molecule has 1 saturated heterocycles. The molecule has 4 aromatic heterocycles. The van der Waals surface area contributed by atoms with Gasteiger partial charge in [-0.15, -0.1) is 11.3 Å². The minimum atomic E-state index is -1.20. The quantitative estimate of drug-likeness (QED) is 0.205. The number of hydrogen-bond donors (Lipinski definition) is 5. The normalized spacial score (nSPS) is 19.3. The van der Waals surface area contributed by atoms with E-state index < -0.39 is 12.3 Å². The number of hydrogen-bond acceptors (Lipinski definition) is 9. The van der Waals surface area contributed by atoms with Crippen LogP contribution in [0.5, 0.6) is 0 Å². The summed E-state index contributed by atoms with van der Waals surface area (Å²) in [6.07, 6.45) is 6.12. The van der Waals surface area contributed by atoms with Gasteiger partial charge in [0.15, 0.2) is 0 Å². The van der Waals surface area contributed by atoms with E-state index >= 15 is 0 Å². The maximum atomic E-state index is 13.4. The van der Waals surface area contributed by atoms with Crippen LogP contribution in [0.2, 0.25) is 5.02 Å². The van der Waals surface area contributed by atoms with Crippen LogP contribution in [-0.2, 0) is 11.2 Å². The number of nitrogens with one attached hydrogen (secondary N) is 3. The van der Waals surface area contributed by atoms with E-state index in [9.17, 15) is 14.7 Å². The van der Waals surface area contributed by atoms with E-state index in [1.54, 1.807) is 45.4 Å². The van der Waals surface area contributed by atoms with Crippen molar-refractivity contribution in [1.29, 1.82) is 0 Å². The zero-order valence-electron chi connectivity index (χ0n) is 19.8. The molecule has 0 radical (unpaired) electrons.